The summed E-state index contributed by atoms with van der Waals surface area (Å²) >= 11 is 0. The number of fused-ring (bicyclic) bond motifs is 1. The van der Waals surface area contributed by atoms with Gasteiger partial charge >= 0.3 is 0 Å². The van der Waals surface area contributed by atoms with Crippen molar-refractivity contribution in [2.24, 2.45) is 0 Å². The molecule has 1 N–H and O–H groups in total. The van der Waals surface area contributed by atoms with Gasteiger partial charge in [0.25, 0.3) is 5.69 Å². The molecule has 2 heterocycles. The van der Waals surface area contributed by atoms with E-state index in [2.05, 4.69) is 17.1 Å². The van der Waals surface area contributed by atoms with Crippen LogP contribution in [0.5, 0.6) is 5.75 Å². The Balaban J connectivity index is 1.53. The Bertz CT molecular complexity index is 750. The van der Waals surface area contributed by atoms with Crippen molar-refractivity contribution in [1.29, 1.82) is 0 Å². The second-order valence-corrected chi connectivity index (χ2v) is 7.25. The van der Waals surface area contributed by atoms with E-state index < -0.39 is 4.92 Å². The molecule has 1 saturated heterocycles. The smallest absolute Gasteiger partial charge is 0.270 e. The molecular formula is C20H27N3O5. The molecule has 3 rings (SSSR count). The van der Waals surface area contributed by atoms with Crippen molar-refractivity contribution in [2.45, 2.75) is 45.3 Å². The molecule has 0 unspecified atom stereocenters. The summed E-state index contributed by atoms with van der Waals surface area (Å²) < 4.78 is 10.6. The molecule has 0 saturated carbocycles. The summed E-state index contributed by atoms with van der Waals surface area (Å²) in [4.78, 5) is 25.2. The van der Waals surface area contributed by atoms with Crippen LogP contribution in [0.3, 0.4) is 0 Å². The molecule has 1 atom stereocenters. The lowest BCUT2D eigenvalue weighted by molar-refractivity contribution is -0.385. The number of amides is 1. The Hall–Kier alpha value is -2.45. The number of nitrogens with zero attached hydrogens (tertiary/aromatic N) is 2. The number of ether oxygens (including phenoxy) is 2. The minimum absolute atomic E-state index is 0.0523. The van der Waals surface area contributed by atoms with E-state index in [1.807, 2.05) is 0 Å². The van der Waals surface area contributed by atoms with Gasteiger partial charge in [0.15, 0.2) is 6.79 Å². The van der Waals surface area contributed by atoms with Gasteiger partial charge in [-0.1, -0.05) is 6.42 Å². The number of rotatable bonds is 7. The Morgan fingerprint density at radius 3 is 3.07 bits per heavy atom. The number of nitro benzene ring substituents is 1. The minimum Gasteiger partial charge on any atom is -0.467 e. The molecule has 28 heavy (non-hydrogen) atoms. The SMILES string of the molecule is C[C@@H]1CCCCN1CCCNC(=O)/C=C/c1cc([N+](=O)[O-])cc2c1OCOC2. The Labute approximate surface area is 164 Å². The fraction of sp³-hybridized carbons (Fsp3) is 0.550. The molecular weight excluding hydrogens is 362 g/mol. The summed E-state index contributed by atoms with van der Waals surface area (Å²) in [7, 11) is 0. The van der Waals surface area contributed by atoms with Gasteiger partial charge in [-0.3, -0.25) is 14.9 Å². The van der Waals surface area contributed by atoms with Gasteiger partial charge in [-0.2, -0.15) is 0 Å². The van der Waals surface area contributed by atoms with Gasteiger partial charge in [0, 0.05) is 48.5 Å². The number of carbonyl (C=O) groups is 1. The van der Waals surface area contributed by atoms with Crippen molar-refractivity contribution in [3.05, 3.63) is 39.4 Å². The lowest BCUT2D eigenvalue weighted by Crippen LogP contribution is -2.39. The fourth-order valence-corrected chi connectivity index (χ4v) is 3.67. The molecule has 0 aromatic heterocycles. The van der Waals surface area contributed by atoms with Crippen molar-refractivity contribution in [3.8, 4) is 5.75 Å². The monoisotopic (exact) mass is 389 g/mol. The number of benzene rings is 1. The molecule has 0 spiro atoms. The lowest BCUT2D eigenvalue weighted by atomic mass is 10.0. The standard InChI is InChI=1S/C20H27N3O5/c1-15-5-2-3-9-22(15)10-4-8-21-19(24)7-6-16-11-18(23(25)26)12-17-13-27-14-28-20(16)17/h6-7,11-12,15H,2-5,8-10,13-14H2,1H3,(H,21,24)/b7-6+/t15-/m1/s1. The molecule has 2 aliphatic rings. The van der Waals surface area contributed by atoms with Crippen LogP contribution in [0.2, 0.25) is 0 Å². The van der Waals surface area contributed by atoms with Gasteiger partial charge in [0.2, 0.25) is 5.91 Å². The topological polar surface area (TPSA) is 93.9 Å². The maximum absolute atomic E-state index is 12.1. The summed E-state index contributed by atoms with van der Waals surface area (Å²) in [6.45, 7) is 5.32. The van der Waals surface area contributed by atoms with Gasteiger partial charge in [-0.05, 0) is 38.8 Å². The maximum atomic E-state index is 12.1. The summed E-state index contributed by atoms with van der Waals surface area (Å²) in [5.41, 5.74) is 1.06. The van der Waals surface area contributed by atoms with Gasteiger partial charge in [0.1, 0.15) is 5.75 Å². The van der Waals surface area contributed by atoms with E-state index in [-0.39, 0.29) is 25.0 Å². The first-order chi connectivity index (χ1) is 13.5. The number of non-ortho nitro benzene ring substituents is 1. The summed E-state index contributed by atoms with van der Waals surface area (Å²) in [6, 6.07) is 3.47. The molecule has 152 valence electrons. The van der Waals surface area contributed by atoms with Crippen LogP contribution < -0.4 is 10.1 Å². The van der Waals surface area contributed by atoms with E-state index in [0.717, 1.165) is 19.5 Å². The third-order valence-corrected chi connectivity index (χ3v) is 5.21. The van der Waals surface area contributed by atoms with Crippen LogP contribution in [0.1, 0.15) is 43.7 Å². The van der Waals surface area contributed by atoms with E-state index in [1.165, 1.54) is 37.5 Å². The second kappa shape index (κ2) is 9.66. The van der Waals surface area contributed by atoms with Crippen LogP contribution in [0.15, 0.2) is 18.2 Å². The molecule has 0 radical (unpaired) electrons. The third-order valence-electron chi connectivity index (χ3n) is 5.21. The first-order valence-electron chi connectivity index (χ1n) is 9.76. The highest BCUT2D eigenvalue weighted by Gasteiger charge is 2.20. The molecule has 1 aromatic carbocycles. The zero-order valence-corrected chi connectivity index (χ0v) is 16.2. The quantitative estimate of drug-likeness (QED) is 0.334. The van der Waals surface area contributed by atoms with Crippen LogP contribution in [-0.2, 0) is 16.1 Å². The maximum Gasteiger partial charge on any atom is 0.270 e. The van der Waals surface area contributed by atoms with Crippen LogP contribution in [0.4, 0.5) is 5.69 Å². The molecule has 1 amide bonds. The summed E-state index contributed by atoms with van der Waals surface area (Å²) in [5.74, 6) is 0.305. The van der Waals surface area contributed by atoms with Gasteiger partial charge in [0.05, 0.1) is 11.5 Å². The largest absolute Gasteiger partial charge is 0.467 e. The second-order valence-electron chi connectivity index (χ2n) is 7.25. The molecule has 2 aliphatic heterocycles. The van der Waals surface area contributed by atoms with Crippen molar-refractivity contribution in [1.82, 2.24) is 10.2 Å². The fourth-order valence-electron chi connectivity index (χ4n) is 3.67. The highest BCUT2D eigenvalue weighted by molar-refractivity contribution is 5.92. The molecule has 8 nitrogen and oxygen atoms in total. The van der Waals surface area contributed by atoms with Gasteiger partial charge < -0.3 is 19.7 Å². The number of nitrogens with one attached hydrogen (secondary N) is 1. The number of nitro groups is 1. The minimum atomic E-state index is -0.464. The highest BCUT2D eigenvalue weighted by Crippen LogP contribution is 2.33. The molecule has 8 heteroatoms. The van der Waals surface area contributed by atoms with E-state index in [0.29, 0.717) is 29.5 Å². The molecule has 1 aromatic rings. The zero-order chi connectivity index (χ0) is 19.9. The van der Waals surface area contributed by atoms with E-state index in [1.54, 1.807) is 6.08 Å². The zero-order valence-electron chi connectivity index (χ0n) is 16.2. The number of carbonyl (C=O) groups excluding carboxylic acids is 1. The van der Waals surface area contributed by atoms with E-state index in [4.69, 9.17) is 9.47 Å². The summed E-state index contributed by atoms with van der Waals surface area (Å²) in [5, 5.41) is 14.0. The van der Waals surface area contributed by atoms with Gasteiger partial charge in [-0.25, -0.2) is 0 Å². The average Bonchev–Trinajstić information content (AvgIpc) is 2.70. The van der Waals surface area contributed by atoms with E-state index in [9.17, 15) is 14.9 Å². The number of likely N-dealkylation sites (tertiary alicyclic amines) is 1. The van der Waals surface area contributed by atoms with Crippen LogP contribution in [0, 0.1) is 10.1 Å². The predicted molar refractivity (Wildman–Crippen MR) is 105 cm³/mol. The molecule has 1 fully saturated rings. The molecule has 0 aliphatic carbocycles. The van der Waals surface area contributed by atoms with Crippen LogP contribution in [0.25, 0.3) is 6.08 Å². The van der Waals surface area contributed by atoms with Crippen LogP contribution in [-0.4, -0.2) is 48.2 Å². The van der Waals surface area contributed by atoms with Crippen molar-refractivity contribution in [2.75, 3.05) is 26.4 Å². The Kier molecular flexibility index (Phi) is 7.00. The number of hydrogen-bond acceptors (Lipinski definition) is 6. The number of piperidine rings is 1. The molecule has 0 bridgehead atoms. The van der Waals surface area contributed by atoms with E-state index >= 15 is 0 Å². The number of hydrogen-bond donors (Lipinski definition) is 1. The van der Waals surface area contributed by atoms with Crippen molar-refractivity contribution >= 4 is 17.7 Å². The Morgan fingerprint density at radius 1 is 1.43 bits per heavy atom. The lowest BCUT2D eigenvalue weighted by Gasteiger charge is -2.33. The first kappa shape index (κ1) is 20.3. The van der Waals surface area contributed by atoms with Crippen LogP contribution >= 0.6 is 0 Å². The van der Waals surface area contributed by atoms with Gasteiger partial charge in [-0.15, -0.1) is 0 Å². The summed E-state index contributed by atoms with van der Waals surface area (Å²) in [6.07, 6.45) is 7.64. The Morgan fingerprint density at radius 2 is 2.29 bits per heavy atom. The predicted octanol–water partition coefficient (Wildman–Crippen LogP) is 2.86. The van der Waals surface area contributed by atoms with Crippen molar-refractivity contribution < 1.29 is 19.2 Å². The average molecular weight is 389 g/mol. The normalized spacial score (nSPS) is 19.8. The first-order valence-corrected chi connectivity index (χ1v) is 9.76. The van der Waals surface area contributed by atoms with Crippen molar-refractivity contribution in [3.63, 3.8) is 0 Å². The third kappa shape index (κ3) is 5.30. The highest BCUT2D eigenvalue weighted by atomic mass is 16.7.